The van der Waals surface area contributed by atoms with Gasteiger partial charge in [0, 0.05) is 23.4 Å². The van der Waals surface area contributed by atoms with Crippen LogP contribution >= 0.6 is 11.8 Å². The number of hydrogen-bond acceptors (Lipinski definition) is 3. The molecule has 100 valence electrons. The average Bonchev–Trinajstić information content (AvgIpc) is 2.73. The van der Waals surface area contributed by atoms with Crippen molar-refractivity contribution < 1.29 is 13.5 Å². The van der Waals surface area contributed by atoms with Crippen molar-refractivity contribution >= 4 is 11.8 Å². The molecule has 1 heterocycles. The summed E-state index contributed by atoms with van der Waals surface area (Å²) in [5.41, 5.74) is 0.780. The van der Waals surface area contributed by atoms with Crippen LogP contribution in [0.3, 0.4) is 0 Å². The van der Waals surface area contributed by atoms with E-state index in [-0.39, 0.29) is 5.75 Å². The first-order chi connectivity index (χ1) is 8.66. The fourth-order valence-corrected chi connectivity index (χ4v) is 3.33. The largest absolute Gasteiger partial charge is 0.434 e. The van der Waals surface area contributed by atoms with Crippen LogP contribution in [0.5, 0.6) is 5.75 Å². The van der Waals surface area contributed by atoms with Crippen LogP contribution in [0, 0.1) is 0 Å². The number of rotatable bonds is 5. The number of nitrogens with one attached hydrogen (secondary N) is 1. The van der Waals surface area contributed by atoms with Crippen molar-refractivity contribution in [3.8, 4) is 5.75 Å². The molecule has 2 atom stereocenters. The number of ether oxygens (including phenoxy) is 1. The molecule has 1 aromatic carbocycles. The maximum Gasteiger partial charge on any atom is 0.387 e. The van der Waals surface area contributed by atoms with E-state index >= 15 is 0 Å². The molecule has 0 spiro atoms. The average molecular weight is 273 g/mol. The summed E-state index contributed by atoms with van der Waals surface area (Å²) in [7, 11) is 0. The number of benzene rings is 1. The number of alkyl halides is 2. The fourth-order valence-electron chi connectivity index (χ4n) is 2.10. The molecule has 5 heteroatoms. The van der Waals surface area contributed by atoms with Crippen molar-refractivity contribution in [3.63, 3.8) is 0 Å². The summed E-state index contributed by atoms with van der Waals surface area (Å²) in [6.07, 6.45) is 1.13. The zero-order chi connectivity index (χ0) is 13.0. The molecule has 18 heavy (non-hydrogen) atoms. The highest BCUT2D eigenvalue weighted by molar-refractivity contribution is 8.00. The van der Waals surface area contributed by atoms with E-state index in [1.807, 2.05) is 23.9 Å². The van der Waals surface area contributed by atoms with E-state index in [9.17, 15) is 8.78 Å². The first-order valence-electron chi connectivity index (χ1n) is 6.04. The lowest BCUT2D eigenvalue weighted by Gasteiger charge is -2.18. The van der Waals surface area contributed by atoms with Crippen molar-refractivity contribution in [2.24, 2.45) is 0 Å². The maximum atomic E-state index is 12.3. The molecule has 0 aliphatic carbocycles. The molecule has 1 N–H and O–H groups in total. The number of thioether (sulfide) groups is 1. The van der Waals surface area contributed by atoms with Crippen molar-refractivity contribution in [3.05, 3.63) is 29.8 Å². The standard InChI is InChI=1S/C13H17F2NOS/c1-9-11(6-7-18-9)16-8-10-4-2-3-5-12(10)17-13(14)15/h2-5,9,11,13,16H,6-8H2,1H3. The van der Waals surface area contributed by atoms with E-state index in [1.165, 1.54) is 0 Å². The van der Waals surface area contributed by atoms with E-state index in [0.717, 1.165) is 17.7 Å². The lowest BCUT2D eigenvalue weighted by molar-refractivity contribution is -0.0505. The van der Waals surface area contributed by atoms with Crippen LogP contribution in [-0.2, 0) is 6.54 Å². The molecule has 0 bridgehead atoms. The summed E-state index contributed by atoms with van der Waals surface area (Å²) in [5.74, 6) is 1.42. The van der Waals surface area contributed by atoms with E-state index in [2.05, 4.69) is 17.0 Å². The van der Waals surface area contributed by atoms with Crippen LogP contribution in [-0.4, -0.2) is 23.7 Å². The van der Waals surface area contributed by atoms with E-state index in [1.54, 1.807) is 12.1 Å². The number of para-hydroxylation sites is 1. The minimum Gasteiger partial charge on any atom is -0.434 e. The maximum absolute atomic E-state index is 12.3. The Labute approximate surface area is 110 Å². The molecule has 1 saturated heterocycles. The smallest absolute Gasteiger partial charge is 0.387 e. The summed E-state index contributed by atoms with van der Waals surface area (Å²) < 4.78 is 29.0. The lowest BCUT2D eigenvalue weighted by atomic mass is 10.1. The first-order valence-corrected chi connectivity index (χ1v) is 7.09. The monoisotopic (exact) mass is 273 g/mol. The normalized spacial score (nSPS) is 23.6. The zero-order valence-electron chi connectivity index (χ0n) is 10.2. The number of hydrogen-bond donors (Lipinski definition) is 1. The first kappa shape index (κ1) is 13.6. The minimum absolute atomic E-state index is 0.262. The van der Waals surface area contributed by atoms with Crippen LogP contribution in [0.15, 0.2) is 24.3 Å². The van der Waals surface area contributed by atoms with Gasteiger partial charge in [-0.15, -0.1) is 0 Å². The summed E-state index contributed by atoms with van der Waals surface area (Å²) in [6.45, 7) is -0.0119. The van der Waals surface area contributed by atoms with Gasteiger partial charge in [0.1, 0.15) is 5.75 Å². The van der Waals surface area contributed by atoms with Gasteiger partial charge in [-0.05, 0) is 18.2 Å². The minimum atomic E-state index is -2.77. The zero-order valence-corrected chi connectivity index (χ0v) is 11.1. The molecular weight excluding hydrogens is 256 g/mol. The van der Waals surface area contributed by atoms with Crippen molar-refractivity contribution in [1.29, 1.82) is 0 Å². The Bertz CT molecular complexity index is 389. The van der Waals surface area contributed by atoms with Gasteiger partial charge in [-0.3, -0.25) is 0 Å². The summed E-state index contributed by atoms with van der Waals surface area (Å²) in [5, 5.41) is 3.99. The Morgan fingerprint density at radius 2 is 2.22 bits per heavy atom. The van der Waals surface area contributed by atoms with Crippen LogP contribution in [0.25, 0.3) is 0 Å². The summed E-state index contributed by atoms with van der Waals surface area (Å²) in [6, 6.07) is 7.39. The van der Waals surface area contributed by atoms with Gasteiger partial charge in [-0.25, -0.2) is 0 Å². The van der Waals surface area contributed by atoms with Gasteiger partial charge >= 0.3 is 6.61 Å². The van der Waals surface area contributed by atoms with E-state index < -0.39 is 6.61 Å². The Morgan fingerprint density at radius 3 is 2.89 bits per heavy atom. The van der Waals surface area contributed by atoms with E-state index in [4.69, 9.17) is 0 Å². The van der Waals surface area contributed by atoms with Gasteiger partial charge in [0.2, 0.25) is 0 Å². The molecule has 0 saturated carbocycles. The van der Waals surface area contributed by atoms with Gasteiger partial charge in [0.05, 0.1) is 0 Å². The number of halogens is 2. The Kier molecular flexibility index (Phi) is 4.83. The molecule has 0 aromatic heterocycles. The molecule has 1 fully saturated rings. The molecule has 0 amide bonds. The predicted octanol–water partition coefficient (Wildman–Crippen LogP) is 3.27. The van der Waals surface area contributed by atoms with Crippen molar-refractivity contribution in [1.82, 2.24) is 5.32 Å². The molecular formula is C13H17F2NOS. The van der Waals surface area contributed by atoms with Gasteiger partial charge in [-0.2, -0.15) is 20.5 Å². The van der Waals surface area contributed by atoms with Crippen molar-refractivity contribution in [2.45, 2.75) is 37.8 Å². The van der Waals surface area contributed by atoms with Crippen LogP contribution in [0.2, 0.25) is 0 Å². The fraction of sp³-hybridized carbons (Fsp3) is 0.538. The van der Waals surface area contributed by atoms with Crippen LogP contribution < -0.4 is 10.1 Å². The second-order valence-corrected chi connectivity index (χ2v) is 5.82. The quantitative estimate of drug-likeness (QED) is 0.889. The molecule has 2 rings (SSSR count). The van der Waals surface area contributed by atoms with Gasteiger partial charge in [0.25, 0.3) is 0 Å². The van der Waals surface area contributed by atoms with Crippen LogP contribution in [0.1, 0.15) is 18.9 Å². The van der Waals surface area contributed by atoms with Gasteiger partial charge in [-0.1, -0.05) is 25.1 Å². The highest BCUT2D eigenvalue weighted by Gasteiger charge is 2.23. The topological polar surface area (TPSA) is 21.3 Å². The summed E-state index contributed by atoms with van der Waals surface area (Å²) in [4.78, 5) is 0. The second kappa shape index (κ2) is 6.38. The Hall–Kier alpha value is -0.810. The lowest BCUT2D eigenvalue weighted by Crippen LogP contribution is -2.32. The molecule has 0 radical (unpaired) electrons. The highest BCUT2D eigenvalue weighted by Crippen LogP contribution is 2.27. The third kappa shape index (κ3) is 3.59. The highest BCUT2D eigenvalue weighted by atomic mass is 32.2. The Morgan fingerprint density at radius 1 is 1.44 bits per heavy atom. The van der Waals surface area contributed by atoms with Crippen molar-refractivity contribution in [2.75, 3.05) is 5.75 Å². The third-order valence-corrected chi connectivity index (χ3v) is 4.45. The SMILES string of the molecule is CC1SCCC1NCc1ccccc1OC(F)F. The van der Waals surface area contributed by atoms with Gasteiger partial charge in [0.15, 0.2) is 0 Å². The third-order valence-electron chi connectivity index (χ3n) is 3.12. The second-order valence-electron chi connectivity index (χ2n) is 4.34. The molecule has 2 nitrogen and oxygen atoms in total. The van der Waals surface area contributed by atoms with Gasteiger partial charge < -0.3 is 10.1 Å². The molecule has 1 aromatic rings. The molecule has 1 aliphatic rings. The van der Waals surface area contributed by atoms with Crippen LogP contribution in [0.4, 0.5) is 8.78 Å². The molecule has 1 aliphatic heterocycles. The predicted molar refractivity (Wildman–Crippen MR) is 70.2 cm³/mol. The van der Waals surface area contributed by atoms with E-state index in [0.29, 0.717) is 17.8 Å². The summed E-state index contributed by atoms with van der Waals surface area (Å²) >= 11 is 1.94. The Balaban J connectivity index is 1.95. The molecule has 2 unspecified atom stereocenters.